The molecule has 3 aromatic rings. The molecule has 1 amide bonds. The lowest BCUT2D eigenvalue weighted by molar-refractivity contribution is -0.112. The van der Waals surface area contributed by atoms with Gasteiger partial charge in [0.2, 0.25) is 0 Å². The minimum Gasteiger partial charge on any atom is -0.321 e. The number of halogens is 2. The maximum absolute atomic E-state index is 12.4. The van der Waals surface area contributed by atoms with Gasteiger partial charge in [-0.2, -0.15) is 14.0 Å². The molecular formula is C21H14F2N2OS. The van der Waals surface area contributed by atoms with E-state index in [0.717, 1.165) is 16.3 Å². The second-order valence-electron chi connectivity index (χ2n) is 5.60. The van der Waals surface area contributed by atoms with Gasteiger partial charge in [-0.1, -0.05) is 54.2 Å². The van der Waals surface area contributed by atoms with Crippen molar-refractivity contribution in [2.24, 2.45) is 0 Å². The van der Waals surface area contributed by atoms with E-state index in [2.05, 4.69) is 5.32 Å². The van der Waals surface area contributed by atoms with E-state index < -0.39 is 11.7 Å². The van der Waals surface area contributed by atoms with Crippen molar-refractivity contribution in [1.29, 1.82) is 5.26 Å². The van der Waals surface area contributed by atoms with Crippen LogP contribution in [0.1, 0.15) is 5.56 Å². The van der Waals surface area contributed by atoms with Crippen molar-refractivity contribution >= 4 is 40.2 Å². The molecule has 0 spiro atoms. The number of rotatable bonds is 5. The molecule has 0 saturated heterocycles. The van der Waals surface area contributed by atoms with Gasteiger partial charge in [0.05, 0.1) is 0 Å². The Morgan fingerprint density at radius 1 is 1.04 bits per heavy atom. The molecule has 134 valence electrons. The zero-order chi connectivity index (χ0) is 19.2. The van der Waals surface area contributed by atoms with Crippen LogP contribution in [0.4, 0.5) is 14.5 Å². The van der Waals surface area contributed by atoms with Crippen LogP contribution in [0.2, 0.25) is 0 Å². The molecule has 0 radical (unpaired) electrons. The van der Waals surface area contributed by atoms with Crippen LogP contribution in [0.3, 0.4) is 0 Å². The maximum atomic E-state index is 12.4. The Kier molecular flexibility index (Phi) is 5.84. The number of carbonyl (C=O) groups excluding carboxylic acids is 1. The third kappa shape index (κ3) is 4.72. The number of nitrogens with zero attached hydrogens (tertiary/aromatic N) is 1. The predicted molar refractivity (Wildman–Crippen MR) is 104 cm³/mol. The van der Waals surface area contributed by atoms with Crippen LogP contribution in [-0.2, 0) is 4.79 Å². The first-order valence-electron chi connectivity index (χ1n) is 8.02. The molecule has 0 aliphatic heterocycles. The number of hydrogen-bond acceptors (Lipinski definition) is 3. The molecule has 0 unspecified atom stereocenters. The number of hydrogen-bond donors (Lipinski definition) is 1. The van der Waals surface area contributed by atoms with Crippen molar-refractivity contribution in [3.8, 4) is 6.07 Å². The monoisotopic (exact) mass is 380 g/mol. The van der Waals surface area contributed by atoms with Crippen LogP contribution in [0, 0.1) is 11.3 Å². The highest BCUT2D eigenvalue weighted by Gasteiger charge is 2.11. The summed E-state index contributed by atoms with van der Waals surface area (Å²) in [7, 11) is 0. The second-order valence-corrected chi connectivity index (χ2v) is 6.66. The minimum atomic E-state index is -2.50. The molecule has 0 heterocycles. The normalized spacial score (nSPS) is 11.4. The molecule has 1 N–H and O–H groups in total. The summed E-state index contributed by atoms with van der Waals surface area (Å²) in [6.07, 6.45) is 1.54. The molecule has 0 fully saturated rings. The fourth-order valence-corrected chi connectivity index (χ4v) is 3.10. The molecule has 6 heteroatoms. The number of nitrogens with one attached hydrogen (secondary N) is 1. The number of benzene rings is 3. The molecule has 0 aromatic heterocycles. The van der Waals surface area contributed by atoms with Crippen molar-refractivity contribution in [2.75, 3.05) is 5.32 Å². The average molecular weight is 380 g/mol. The van der Waals surface area contributed by atoms with Gasteiger partial charge in [0.25, 0.3) is 11.7 Å². The summed E-state index contributed by atoms with van der Waals surface area (Å²) in [6.45, 7) is 0. The van der Waals surface area contributed by atoms with Crippen LogP contribution in [0.15, 0.2) is 77.2 Å². The first-order valence-corrected chi connectivity index (χ1v) is 8.90. The molecule has 0 saturated carbocycles. The van der Waals surface area contributed by atoms with Gasteiger partial charge in [0, 0.05) is 10.6 Å². The van der Waals surface area contributed by atoms with Gasteiger partial charge in [0.1, 0.15) is 11.6 Å². The highest BCUT2D eigenvalue weighted by atomic mass is 32.2. The first-order chi connectivity index (χ1) is 13.1. The van der Waals surface area contributed by atoms with E-state index in [0.29, 0.717) is 22.3 Å². The highest BCUT2D eigenvalue weighted by molar-refractivity contribution is 7.99. The van der Waals surface area contributed by atoms with Gasteiger partial charge in [0.15, 0.2) is 0 Å². The zero-order valence-corrected chi connectivity index (χ0v) is 14.8. The smallest absolute Gasteiger partial charge is 0.288 e. The number of nitriles is 1. The van der Waals surface area contributed by atoms with E-state index in [-0.39, 0.29) is 5.57 Å². The van der Waals surface area contributed by atoms with Crippen LogP contribution >= 0.6 is 11.8 Å². The van der Waals surface area contributed by atoms with Crippen molar-refractivity contribution < 1.29 is 13.6 Å². The summed E-state index contributed by atoms with van der Waals surface area (Å²) in [4.78, 5) is 12.8. The molecule has 0 aliphatic rings. The van der Waals surface area contributed by atoms with Gasteiger partial charge in [-0.05, 0) is 46.7 Å². The van der Waals surface area contributed by atoms with E-state index in [9.17, 15) is 18.8 Å². The quantitative estimate of drug-likeness (QED) is 0.351. The van der Waals surface area contributed by atoms with E-state index >= 15 is 0 Å². The summed E-state index contributed by atoms with van der Waals surface area (Å²) in [6, 6.07) is 21.3. The van der Waals surface area contributed by atoms with Crippen molar-refractivity contribution in [3.63, 3.8) is 0 Å². The van der Waals surface area contributed by atoms with E-state index in [1.807, 2.05) is 48.5 Å². The number of thioether (sulfide) groups is 1. The number of amides is 1. The fraction of sp³-hybridized carbons (Fsp3) is 0.0476. The molecule has 3 aromatic carbocycles. The summed E-state index contributed by atoms with van der Waals surface area (Å²) < 4.78 is 24.7. The van der Waals surface area contributed by atoms with E-state index in [4.69, 9.17) is 0 Å². The molecule has 0 atom stereocenters. The SMILES string of the molecule is N#CC(=Cc1cccc2ccccc12)C(=O)Nc1ccc(SC(F)F)cc1. The van der Waals surface area contributed by atoms with Crippen LogP contribution < -0.4 is 5.32 Å². The summed E-state index contributed by atoms with van der Waals surface area (Å²) in [5.41, 5.74) is 1.15. The van der Waals surface area contributed by atoms with Crippen LogP contribution in [-0.4, -0.2) is 11.7 Å². The molecular weight excluding hydrogens is 366 g/mol. The Morgan fingerprint density at radius 2 is 1.74 bits per heavy atom. The van der Waals surface area contributed by atoms with Crippen molar-refractivity contribution in [1.82, 2.24) is 0 Å². The Bertz CT molecular complexity index is 1030. The third-order valence-corrected chi connectivity index (χ3v) is 4.55. The minimum absolute atomic E-state index is 0.0441. The Balaban J connectivity index is 1.82. The average Bonchev–Trinajstić information content (AvgIpc) is 2.67. The van der Waals surface area contributed by atoms with Gasteiger partial charge in [-0.15, -0.1) is 0 Å². The number of anilines is 1. The van der Waals surface area contributed by atoms with Gasteiger partial charge in [-0.3, -0.25) is 4.79 Å². The van der Waals surface area contributed by atoms with Crippen molar-refractivity contribution in [3.05, 3.63) is 77.9 Å². The summed E-state index contributed by atoms with van der Waals surface area (Å²) in [5, 5.41) is 13.9. The standard InChI is InChI=1S/C21H14F2N2OS/c22-21(23)27-18-10-8-17(9-11-18)25-20(26)16(13-24)12-15-6-3-5-14-4-1-2-7-19(14)15/h1-12,21H,(H,25,26). The molecule has 3 rings (SSSR count). The first kappa shape index (κ1) is 18.6. The Labute approximate surface area is 159 Å². The Morgan fingerprint density at radius 3 is 2.44 bits per heavy atom. The van der Waals surface area contributed by atoms with Crippen LogP contribution in [0.5, 0.6) is 0 Å². The lowest BCUT2D eigenvalue weighted by atomic mass is 10.0. The molecule has 3 nitrogen and oxygen atoms in total. The fourth-order valence-electron chi connectivity index (χ4n) is 2.60. The topological polar surface area (TPSA) is 52.9 Å². The van der Waals surface area contributed by atoms with Crippen LogP contribution in [0.25, 0.3) is 16.8 Å². The number of carbonyl (C=O) groups is 1. The van der Waals surface area contributed by atoms with Gasteiger partial charge >= 0.3 is 0 Å². The van der Waals surface area contributed by atoms with Gasteiger partial charge < -0.3 is 5.32 Å². The lowest BCUT2D eigenvalue weighted by Crippen LogP contribution is -2.13. The molecule has 0 aliphatic carbocycles. The molecule has 0 bridgehead atoms. The Hall–Kier alpha value is -3.17. The highest BCUT2D eigenvalue weighted by Crippen LogP contribution is 2.26. The zero-order valence-electron chi connectivity index (χ0n) is 14.0. The molecule has 27 heavy (non-hydrogen) atoms. The number of fused-ring (bicyclic) bond motifs is 1. The van der Waals surface area contributed by atoms with E-state index in [1.165, 1.54) is 24.3 Å². The summed E-state index contributed by atoms with van der Waals surface area (Å²) >= 11 is 0.430. The summed E-state index contributed by atoms with van der Waals surface area (Å²) in [5.74, 6) is -3.06. The van der Waals surface area contributed by atoms with E-state index in [1.54, 1.807) is 6.08 Å². The lowest BCUT2D eigenvalue weighted by Gasteiger charge is -2.07. The van der Waals surface area contributed by atoms with Crippen molar-refractivity contribution in [2.45, 2.75) is 10.7 Å². The second kappa shape index (κ2) is 8.47. The third-order valence-electron chi connectivity index (χ3n) is 3.83. The largest absolute Gasteiger partial charge is 0.321 e. The maximum Gasteiger partial charge on any atom is 0.288 e. The number of alkyl halides is 2. The predicted octanol–water partition coefficient (Wildman–Crippen LogP) is 5.70. The van der Waals surface area contributed by atoms with Gasteiger partial charge in [-0.25, -0.2) is 0 Å².